The smallest absolute Gasteiger partial charge is 0.0671 e. The Balaban J connectivity index is 2.48. The van der Waals surface area contributed by atoms with Gasteiger partial charge < -0.3 is 5.32 Å². The predicted octanol–water partition coefficient (Wildman–Crippen LogP) is 2.98. The van der Waals surface area contributed by atoms with E-state index >= 15 is 0 Å². The summed E-state index contributed by atoms with van der Waals surface area (Å²) in [6.45, 7) is 2.61. The van der Waals surface area contributed by atoms with Gasteiger partial charge in [-0.05, 0) is 37.4 Å². The molecule has 1 aromatic carbocycles. The van der Waals surface area contributed by atoms with Gasteiger partial charge in [0.05, 0.1) is 12.0 Å². The van der Waals surface area contributed by atoms with Gasteiger partial charge in [0, 0.05) is 17.1 Å². The van der Waals surface area contributed by atoms with Gasteiger partial charge in [-0.1, -0.05) is 0 Å². The zero-order valence-electron chi connectivity index (χ0n) is 8.45. The van der Waals surface area contributed by atoms with Crippen LogP contribution in [0.5, 0.6) is 0 Å². The van der Waals surface area contributed by atoms with E-state index in [1.165, 1.54) is 4.90 Å². The molecular weight excluding hydrogens is 192 g/mol. The molecule has 0 saturated carbocycles. The largest absolute Gasteiger partial charge is 0.384 e. The lowest BCUT2D eigenvalue weighted by Crippen LogP contribution is -2.08. The Hall–Kier alpha value is -1.14. The van der Waals surface area contributed by atoms with Gasteiger partial charge in [0.25, 0.3) is 0 Å². The van der Waals surface area contributed by atoms with Crippen molar-refractivity contribution in [1.29, 1.82) is 5.26 Å². The zero-order valence-corrected chi connectivity index (χ0v) is 9.27. The molecule has 1 atom stereocenters. The highest BCUT2D eigenvalue weighted by atomic mass is 32.2. The first kappa shape index (κ1) is 10.9. The number of nitriles is 1. The lowest BCUT2D eigenvalue weighted by atomic mass is 10.2. The Kier molecular flexibility index (Phi) is 4.34. The van der Waals surface area contributed by atoms with E-state index in [1.54, 1.807) is 11.8 Å². The average molecular weight is 206 g/mol. The van der Waals surface area contributed by atoms with Crippen molar-refractivity contribution in [3.63, 3.8) is 0 Å². The Bertz CT molecular complexity index is 313. The van der Waals surface area contributed by atoms with Gasteiger partial charge in [0.1, 0.15) is 0 Å². The average Bonchev–Trinajstić information content (AvgIpc) is 2.26. The van der Waals surface area contributed by atoms with Crippen molar-refractivity contribution in [2.75, 3.05) is 18.1 Å². The standard InChI is InChI=1S/C11H14N2S/c1-9(7-12)8-13-10-3-5-11(14-2)6-4-10/h3-6,9,13H,8H2,1-2H3. The molecule has 1 unspecified atom stereocenters. The summed E-state index contributed by atoms with van der Waals surface area (Å²) < 4.78 is 0. The minimum atomic E-state index is 0.0511. The first-order valence-electron chi connectivity index (χ1n) is 4.54. The van der Waals surface area contributed by atoms with Crippen LogP contribution in [-0.4, -0.2) is 12.8 Å². The van der Waals surface area contributed by atoms with E-state index in [0.29, 0.717) is 6.54 Å². The number of thioether (sulfide) groups is 1. The number of anilines is 1. The van der Waals surface area contributed by atoms with Crippen LogP contribution in [0.15, 0.2) is 29.2 Å². The predicted molar refractivity (Wildman–Crippen MR) is 61.5 cm³/mol. The zero-order chi connectivity index (χ0) is 10.4. The summed E-state index contributed by atoms with van der Waals surface area (Å²) >= 11 is 1.73. The molecule has 0 saturated heterocycles. The van der Waals surface area contributed by atoms with Crippen LogP contribution in [0.1, 0.15) is 6.92 Å². The van der Waals surface area contributed by atoms with Gasteiger partial charge in [0.15, 0.2) is 0 Å². The van der Waals surface area contributed by atoms with Crippen molar-refractivity contribution in [3.05, 3.63) is 24.3 Å². The molecule has 1 aromatic rings. The number of hydrogen-bond acceptors (Lipinski definition) is 3. The van der Waals surface area contributed by atoms with E-state index in [9.17, 15) is 0 Å². The molecule has 0 amide bonds. The highest BCUT2D eigenvalue weighted by Crippen LogP contribution is 2.17. The maximum absolute atomic E-state index is 8.60. The van der Waals surface area contributed by atoms with E-state index < -0.39 is 0 Å². The topological polar surface area (TPSA) is 35.8 Å². The molecule has 0 radical (unpaired) electrons. The van der Waals surface area contributed by atoms with Gasteiger partial charge in [0.2, 0.25) is 0 Å². The molecule has 3 heteroatoms. The highest BCUT2D eigenvalue weighted by molar-refractivity contribution is 7.98. The summed E-state index contributed by atoms with van der Waals surface area (Å²) in [5.41, 5.74) is 1.07. The second-order valence-corrected chi connectivity index (χ2v) is 4.02. The molecule has 14 heavy (non-hydrogen) atoms. The molecule has 0 aliphatic rings. The molecular formula is C11H14N2S. The van der Waals surface area contributed by atoms with Gasteiger partial charge in [-0.3, -0.25) is 0 Å². The van der Waals surface area contributed by atoms with Gasteiger partial charge >= 0.3 is 0 Å². The van der Waals surface area contributed by atoms with E-state index in [0.717, 1.165) is 5.69 Å². The lowest BCUT2D eigenvalue weighted by molar-refractivity contribution is 0.786. The van der Waals surface area contributed by atoms with Crippen LogP contribution in [0.3, 0.4) is 0 Å². The minimum Gasteiger partial charge on any atom is -0.384 e. The van der Waals surface area contributed by atoms with Crippen LogP contribution < -0.4 is 5.32 Å². The Labute approximate surface area is 89.3 Å². The van der Waals surface area contributed by atoms with E-state index in [1.807, 2.05) is 19.1 Å². The van der Waals surface area contributed by atoms with Gasteiger partial charge in [-0.15, -0.1) is 11.8 Å². The van der Waals surface area contributed by atoms with Crippen LogP contribution in [0.2, 0.25) is 0 Å². The second-order valence-electron chi connectivity index (χ2n) is 3.14. The van der Waals surface area contributed by atoms with Gasteiger partial charge in [-0.25, -0.2) is 0 Å². The van der Waals surface area contributed by atoms with Crippen LogP contribution in [0.25, 0.3) is 0 Å². The lowest BCUT2D eigenvalue weighted by Gasteiger charge is -2.07. The van der Waals surface area contributed by atoms with Crippen LogP contribution in [-0.2, 0) is 0 Å². The number of hydrogen-bond donors (Lipinski definition) is 1. The molecule has 0 bridgehead atoms. The van der Waals surface area contributed by atoms with Crippen LogP contribution in [0, 0.1) is 17.2 Å². The number of nitrogens with zero attached hydrogens (tertiary/aromatic N) is 1. The van der Waals surface area contributed by atoms with Crippen LogP contribution in [0.4, 0.5) is 5.69 Å². The molecule has 2 nitrogen and oxygen atoms in total. The molecule has 1 rings (SSSR count). The number of benzene rings is 1. The molecule has 0 aliphatic heterocycles. The first-order valence-corrected chi connectivity index (χ1v) is 5.76. The van der Waals surface area contributed by atoms with Crippen molar-refractivity contribution in [2.45, 2.75) is 11.8 Å². The van der Waals surface area contributed by atoms with Crippen molar-refractivity contribution in [1.82, 2.24) is 0 Å². The summed E-state index contributed by atoms with van der Waals surface area (Å²) in [4.78, 5) is 1.25. The summed E-state index contributed by atoms with van der Waals surface area (Å²) in [6.07, 6.45) is 2.06. The van der Waals surface area contributed by atoms with Crippen molar-refractivity contribution in [3.8, 4) is 6.07 Å². The third kappa shape index (κ3) is 3.31. The molecule has 0 fully saturated rings. The molecule has 0 aliphatic carbocycles. The van der Waals surface area contributed by atoms with E-state index in [-0.39, 0.29) is 5.92 Å². The van der Waals surface area contributed by atoms with E-state index in [4.69, 9.17) is 5.26 Å². The molecule has 0 spiro atoms. The van der Waals surface area contributed by atoms with Crippen molar-refractivity contribution in [2.24, 2.45) is 5.92 Å². The van der Waals surface area contributed by atoms with Crippen LogP contribution >= 0.6 is 11.8 Å². The third-order valence-electron chi connectivity index (χ3n) is 1.92. The van der Waals surface area contributed by atoms with E-state index in [2.05, 4.69) is 29.8 Å². The second kappa shape index (κ2) is 5.56. The minimum absolute atomic E-state index is 0.0511. The normalized spacial score (nSPS) is 11.8. The maximum Gasteiger partial charge on any atom is 0.0671 e. The summed E-state index contributed by atoms with van der Waals surface area (Å²) in [5.74, 6) is 0.0511. The maximum atomic E-state index is 8.60. The number of nitrogens with one attached hydrogen (secondary N) is 1. The molecule has 74 valence electrons. The first-order chi connectivity index (χ1) is 6.76. The number of rotatable bonds is 4. The molecule has 0 heterocycles. The SMILES string of the molecule is CSc1ccc(NCC(C)C#N)cc1. The van der Waals surface area contributed by atoms with Crippen molar-refractivity contribution < 1.29 is 0 Å². The Morgan fingerprint density at radius 2 is 2.07 bits per heavy atom. The third-order valence-corrected chi connectivity index (χ3v) is 2.67. The summed E-state index contributed by atoms with van der Waals surface area (Å²) in [5, 5.41) is 11.8. The fraction of sp³-hybridized carbons (Fsp3) is 0.364. The fourth-order valence-electron chi connectivity index (χ4n) is 1.03. The Morgan fingerprint density at radius 3 is 2.57 bits per heavy atom. The van der Waals surface area contributed by atoms with Gasteiger partial charge in [-0.2, -0.15) is 5.26 Å². The Morgan fingerprint density at radius 1 is 1.43 bits per heavy atom. The molecule has 1 N–H and O–H groups in total. The monoisotopic (exact) mass is 206 g/mol. The highest BCUT2D eigenvalue weighted by Gasteiger charge is 1.98. The quantitative estimate of drug-likeness (QED) is 0.769. The summed E-state index contributed by atoms with van der Waals surface area (Å²) in [7, 11) is 0. The summed E-state index contributed by atoms with van der Waals surface area (Å²) in [6, 6.07) is 10.4. The molecule has 0 aromatic heterocycles. The van der Waals surface area contributed by atoms with Crippen molar-refractivity contribution >= 4 is 17.4 Å². The fourth-order valence-corrected chi connectivity index (χ4v) is 1.43.